The summed E-state index contributed by atoms with van der Waals surface area (Å²) in [5, 5.41) is 4.08. The Balaban J connectivity index is 2.19. The van der Waals surface area contributed by atoms with Crippen LogP contribution in [-0.4, -0.2) is 19.7 Å². The van der Waals surface area contributed by atoms with E-state index in [-0.39, 0.29) is 6.04 Å². The maximum atomic E-state index is 6.20. The number of nitrogens with one attached hydrogen (secondary N) is 1. The molecule has 1 heterocycles. The number of rotatable bonds is 3. The largest absolute Gasteiger partial charge is 0.497 e. The van der Waals surface area contributed by atoms with Gasteiger partial charge in [-0.3, -0.25) is 0 Å². The molecule has 0 saturated carbocycles. The minimum atomic E-state index is -0.0408. The third-order valence-corrected chi connectivity index (χ3v) is 3.43. The Labute approximate surface area is 101 Å². The Morgan fingerprint density at radius 1 is 1.56 bits per heavy atom. The summed E-state index contributed by atoms with van der Waals surface area (Å²) in [7, 11) is 1.63. The van der Waals surface area contributed by atoms with E-state index in [0.29, 0.717) is 11.1 Å². The fourth-order valence-corrected chi connectivity index (χ4v) is 2.44. The molecule has 3 nitrogen and oxygen atoms in total. The molecule has 0 aliphatic carbocycles. The van der Waals surface area contributed by atoms with Crippen LogP contribution in [-0.2, 0) is 0 Å². The fourth-order valence-electron chi connectivity index (χ4n) is 2.14. The number of methoxy groups -OCH3 is 1. The average Bonchev–Trinajstić information content (AvgIpc) is 2.81. The van der Waals surface area contributed by atoms with Crippen molar-refractivity contribution in [2.75, 3.05) is 13.7 Å². The van der Waals surface area contributed by atoms with Crippen LogP contribution >= 0.6 is 11.6 Å². The zero-order chi connectivity index (χ0) is 11.5. The van der Waals surface area contributed by atoms with Crippen molar-refractivity contribution in [1.29, 1.82) is 0 Å². The highest BCUT2D eigenvalue weighted by atomic mass is 35.5. The van der Waals surface area contributed by atoms with Gasteiger partial charge in [-0.05, 0) is 37.1 Å². The van der Waals surface area contributed by atoms with Crippen LogP contribution in [0.4, 0.5) is 0 Å². The third-order valence-electron chi connectivity index (χ3n) is 3.10. The first-order chi connectivity index (χ1) is 7.72. The number of hydrogen-bond donors (Lipinski definition) is 2. The molecule has 16 heavy (non-hydrogen) atoms. The molecule has 2 atom stereocenters. The lowest BCUT2D eigenvalue weighted by molar-refractivity contribution is 0.414. The van der Waals surface area contributed by atoms with Gasteiger partial charge in [0.15, 0.2) is 0 Å². The highest BCUT2D eigenvalue weighted by Crippen LogP contribution is 2.29. The van der Waals surface area contributed by atoms with Crippen LogP contribution in [0.25, 0.3) is 0 Å². The monoisotopic (exact) mass is 240 g/mol. The second-order valence-electron chi connectivity index (χ2n) is 4.12. The summed E-state index contributed by atoms with van der Waals surface area (Å²) >= 11 is 6.19. The first kappa shape index (κ1) is 11.7. The van der Waals surface area contributed by atoms with Crippen LogP contribution in [0.1, 0.15) is 24.4 Å². The Morgan fingerprint density at radius 2 is 2.38 bits per heavy atom. The minimum absolute atomic E-state index is 0.0408. The highest BCUT2D eigenvalue weighted by molar-refractivity contribution is 6.31. The van der Waals surface area contributed by atoms with Crippen molar-refractivity contribution in [3.05, 3.63) is 28.8 Å². The van der Waals surface area contributed by atoms with Gasteiger partial charge in [-0.25, -0.2) is 0 Å². The standard InChI is InChI=1S/C12H17ClN2O/c1-16-8-4-5-9(10(13)7-8)12(14)11-3-2-6-15-11/h4-5,7,11-12,15H,2-3,6,14H2,1H3. The lowest BCUT2D eigenvalue weighted by Crippen LogP contribution is -2.34. The van der Waals surface area contributed by atoms with Crippen LogP contribution in [0.3, 0.4) is 0 Å². The van der Waals surface area contributed by atoms with Gasteiger partial charge in [0.1, 0.15) is 5.75 Å². The highest BCUT2D eigenvalue weighted by Gasteiger charge is 2.24. The first-order valence-corrected chi connectivity index (χ1v) is 5.92. The molecule has 0 spiro atoms. The van der Waals surface area contributed by atoms with Gasteiger partial charge in [0.05, 0.1) is 7.11 Å². The summed E-state index contributed by atoms with van der Waals surface area (Å²) in [6.45, 7) is 1.05. The van der Waals surface area contributed by atoms with E-state index in [1.54, 1.807) is 7.11 Å². The lowest BCUT2D eigenvalue weighted by atomic mass is 9.99. The van der Waals surface area contributed by atoms with Crippen molar-refractivity contribution in [3.63, 3.8) is 0 Å². The predicted octanol–water partition coefficient (Wildman–Crippen LogP) is 2.10. The van der Waals surface area contributed by atoms with Gasteiger partial charge in [-0.15, -0.1) is 0 Å². The molecule has 1 aliphatic heterocycles. The molecular weight excluding hydrogens is 224 g/mol. The molecule has 88 valence electrons. The second kappa shape index (κ2) is 5.04. The molecule has 2 rings (SSSR count). The van der Waals surface area contributed by atoms with Crippen LogP contribution in [0.15, 0.2) is 18.2 Å². The van der Waals surface area contributed by atoms with Crippen LogP contribution in [0, 0.1) is 0 Å². The van der Waals surface area contributed by atoms with E-state index in [1.807, 2.05) is 18.2 Å². The molecule has 2 unspecified atom stereocenters. The Hall–Kier alpha value is -0.770. The zero-order valence-corrected chi connectivity index (χ0v) is 10.1. The minimum Gasteiger partial charge on any atom is -0.497 e. The normalized spacial score (nSPS) is 22.1. The molecule has 1 saturated heterocycles. The van der Waals surface area contributed by atoms with E-state index in [2.05, 4.69) is 5.32 Å². The smallest absolute Gasteiger partial charge is 0.120 e. The van der Waals surface area contributed by atoms with Crippen molar-refractivity contribution in [3.8, 4) is 5.75 Å². The summed E-state index contributed by atoms with van der Waals surface area (Å²) < 4.78 is 5.11. The molecule has 0 radical (unpaired) electrons. The van der Waals surface area contributed by atoms with Crippen molar-refractivity contribution >= 4 is 11.6 Å². The molecule has 1 aromatic rings. The van der Waals surface area contributed by atoms with Gasteiger partial charge in [0, 0.05) is 17.1 Å². The summed E-state index contributed by atoms with van der Waals surface area (Å²) in [4.78, 5) is 0. The van der Waals surface area contributed by atoms with Gasteiger partial charge >= 0.3 is 0 Å². The SMILES string of the molecule is COc1ccc(C(N)C2CCCN2)c(Cl)c1. The van der Waals surface area contributed by atoms with Crippen molar-refractivity contribution in [1.82, 2.24) is 5.32 Å². The van der Waals surface area contributed by atoms with E-state index in [1.165, 1.54) is 6.42 Å². The van der Waals surface area contributed by atoms with Gasteiger partial charge in [0.25, 0.3) is 0 Å². The molecule has 4 heteroatoms. The number of hydrogen-bond acceptors (Lipinski definition) is 3. The van der Waals surface area contributed by atoms with Crippen LogP contribution in [0.5, 0.6) is 5.75 Å². The molecule has 1 fully saturated rings. The summed E-state index contributed by atoms with van der Waals surface area (Å²) in [5.41, 5.74) is 7.19. The van der Waals surface area contributed by atoms with E-state index < -0.39 is 0 Å². The fraction of sp³-hybridized carbons (Fsp3) is 0.500. The molecule has 1 aliphatic rings. The van der Waals surface area contributed by atoms with Crippen LogP contribution in [0.2, 0.25) is 5.02 Å². The quantitative estimate of drug-likeness (QED) is 0.851. The number of benzene rings is 1. The number of halogens is 1. The second-order valence-corrected chi connectivity index (χ2v) is 4.52. The summed E-state index contributed by atoms with van der Waals surface area (Å²) in [6.07, 6.45) is 2.30. The van der Waals surface area contributed by atoms with Gasteiger partial charge < -0.3 is 15.8 Å². The maximum absolute atomic E-state index is 6.20. The first-order valence-electron chi connectivity index (χ1n) is 5.55. The van der Waals surface area contributed by atoms with E-state index in [9.17, 15) is 0 Å². The Morgan fingerprint density at radius 3 is 2.94 bits per heavy atom. The zero-order valence-electron chi connectivity index (χ0n) is 9.37. The summed E-state index contributed by atoms with van der Waals surface area (Å²) in [6, 6.07) is 5.96. The number of nitrogens with two attached hydrogens (primary N) is 1. The summed E-state index contributed by atoms with van der Waals surface area (Å²) in [5.74, 6) is 0.764. The maximum Gasteiger partial charge on any atom is 0.120 e. The van der Waals surface area contributed by atoms with Crippen molar-refractivity contribution < 1.29 is 4.74 Å². The Kier molecular flexibility index (Phi) is 3.69. The molecule has 3 N–H and O–H groups in total. The topological polar surface area (TPSA) is 47.3 Å². The van der Waals surface area contributed by atoms with Gasteiger partial charge in [-0.1, -0.05) is 17.7 Å². The molecular formula is C12H17ClN2O. The average molecular weight is 241 g/mol. The lowest BCUT2D eigenvalue weighted by Gasteiger charge is -2.21. The van der Waals surface area contributed by atoms with Gasteiger partial charge in [-0.2, -0.15) is 0 Å². The Bertz CT molecular complexity index is 364. The molecule has 0 bridgehead atoms. The number of ether oxygens (including phenoxy) is 1. The molecule has 0 aromatic heterocycles. The third kappa shape index (κ3) is 2.32. The van der Waals surface area contributed by atoms with Crippen molar-refractivity contribution in [2.24, 2.45) is 5.73 Å². The molecule has 0 amide bonds. The molecule has 1 aromatic carbocycles. The van der Waals surface area contributed by atoms with Gasteiger partial charge in [0.2, 0.25) is 0 Å². The van der Waals surface area contributed by atoms with E-state index in [4.69, 9.17) is 22.1 Å². The van der Waals surface area contributed by atoms with E-state index in [0.717, 1.165) is 24.3 Å². The van der Waals surface area contributed by atoms with Crippen LogP contribution < -0.4 is 15.8 Å². The van der Waals surface area contributed by atoms with Crippen molar-refractivity contribution in [2.45, 2.75) is 24.9 Å². The predicted molar refractivity (Wildman–Crippen MR) is 66.0 cm³/mol. The van der Waals surface area contributed by atoms with E-state index >= 15 is 0 Å².